The molecule has 3 aromatic rings. The number of imidazole rings is 1. The van der Waals surface area contributed by atoms with Crippen LogP contribution in [0.3, 0.4) is 0 Å². The van der Waals surface area contributed by atoms with E-state index >= 15 is 0 Å². The summed E-state index contributed by atoms with van der Waals surface area (Å²) in [5.41, 5.74) is 7.72. The van der Waals surface area contributed by atoms with E-state index < -0.39 is 0 Å². The van der Waals surface area contributed by atoms with Gasteiger partial charge < -0.3 is 10.2 Å². The normalized spacial score (nSPS) is 21.5. The van der Waals surface area contributed by atoms with Crippen LogP contribution in [-0.4, -0.2) is 9.38 Å². The second kappa shape index (κ2) is 4.12. The summed E-state index contributed by atoms with van der Waals surface area (Å²) in [4.78, 5) is 4.56. The summed E-state index contributed by atoms with van der Waals surface area (Å²) in [6.07, 6.45) is 3.12. The molecule has 102 valence electrons. The minimum absolute atomic E-state index is 0.566. The lowest BCUT2D eigenvalue weighted by molar-refractivity contribution is 0.517. The fourth-order valence-electron chi connectivity index (χ4n) is 2.62. The van der Waals surface area contributed by atoms with Crippen molar-refractivity contribution in [3.8, 4) is 11.5 Å². The number of fused-ring (bicyclic) bond motifs is 1. The Morgan fingerprint density at radius 2 is 2.15 bits per heavy atom. The molecule has 20 heavy (non-hydrogen) atoms. The van der Waals surface area contributed by atoms with E-state index in [1.807, 2.05) is 34.9 Å². The Kier molecular flexibility index (Phi) is 2.48. The lowest BCUT2D eigenvalue weighted by atomic mass is 10.2. The highest BCUT2D eigenvalue weighted by molar-refractivity contribution is 9.10. The molecule has 2 N–H and O–H groups in total. The van der Waals surface area contributed by atoms with Crippen LogP contribution in [0, 0.1) is 5.92 Å². The van der Waals surface area contributed by atoms with Crippen molar-refractivity contribution in [1.29, 1.82) is 0 Å². The molecule has 1 saturated carbocycles. The fraction of sp³-hybridized carbons (Fsp3) is 0.267. The van der Waals surface area contributed by atoms with Crippen LogP contribution in [0.1, 0.15) is 25.0 Å². The quantitative estimate of drug-likeness (QED) is 0.770. The number of halogens is 1. The summed E-state index contributed by atoms with van der Waals surface area (Å²) >= 11 is 3.44. The molecule has 5 heteroatoms. The van der Waals surface area contributed by atoms with E-state index in [0.29, 0.717) is 17.4 Å². The van der Waals surface area contributed by atoms with Crippen molar-refractivity contribution in [1.82, 2.24) is 9.38 Å². The van der Waals surface area contributed by atoms with Gasteiger partial charge >= 0.3 is 0 Å². The van der Waals surface area contributed by atoms with Gasteiger partial charge in [-0.25, -0.2) is 4.98 Å². The van der Waals surface area contributed by atoms with Gasteiger partial charge in [-0.05, 0) is 52.5 Å². The highest BCUT2D eigenvalue weighted by Crippen LogP contribution is 2.48. The van der Waals surface area contributed by atoms with Gasteiger partial charge in [0.2, 0.25) is 0 Å². The van der Waals surface area contributed by atoms with Crippen LogP contribution >= 0.6 is 15.9 Å². The maximum absolute atomic E-state index is 6.19. The van der Waals surface area contributed by atoms with Gasteiger partial charge in [-0.15, -0.1) is 0 Å². The van der Waals surface area contributed by atoms with Crippen molar-refractivity contribution < 1.29 is 4.42 Å². The summed E-state index contributed by atoms with van der Waals surface area (Å²) < 4.78 is 8.76. The lowest BCUT2D eigenvalue weighted by Crippen LogP contribution is -1.93. The third kappa shape index (κ3) is 1.77. The van der Waals surface area contributed by atoms with Gasteiger partial charge in [0.25, 0.3) is 0 Å². The molecule has 1 fully saturated rings. The van der Waals surface area contributed by atoms with Crippen molar-refractivity contribution in [2.24, 2.45) is 5.92 Å². The Labute approximate surface area is 124 Å². The number of nitrogens with two attached hydrogens (primary N) is 1. The van der Waals surface area contributed by atoms with Crippen LogP contribution in [0.25, 0.3) is 17.1 Å². The molecule has 0 bridgehead atoms. The Balaban J connectivity index is 1.81. The largest absolute Gasteiger partial charge is 0.459 e. The van der Waals surface area contributed by atoms with Crippen molar-refractivity contribution in [2.45, 2.75) is 19.3 Å². The Hall–Kier alpha value is -1.75. The minimum Gasteiger partial charge on any atom is -0.459 e. The Morgan fingerprint density at radius 3 is 2.90 bits per heavy atom. The summed E-state index contributed by atoms with van der Waals surface area (Å²) in [7, 11) is 0. The molecule has 2 atom stereocenters. The van der Waals surface area contributed by atoms with Crippen molar-refractivity contribution in [3.63, 3.8) is 0 Å². The van der Waals surface area contributed by atoms with Crippen molar-refractivity contribution >= 4 is 27.4 Å². The SMILES string of the molecule is CC1CC1c1ccc(-c2nc3ccc(Br)cn3c2N)o1. The number of furan rings is 1. The molecule has 3 aromatic heterocycles. The summed E-state index contributed by atoms with van der Waals surface area (Å²) in [6.45, 7) is 2.24. The number of hydrogen-bond donors (Lipinski definition) is 1. The first-order valence-corrected chi connectivity index (χ1v) is 7.46. The van der Waals surface area contributed by atoms with Gasteiger partial charge in [0.1, 0.15) is 22.9 Å². The molecule has 4 nitrogen and oxygen atoms in total. The molecule has 0 aliphatic heterocycles. The first-order valence-electron chi connectivity index (χ1n) is 6.66. The van der Waals surface area contributed by atoms with Gasteiger partial charge in [0, 0.05) is 16.6 Å². The van der Waals surface area contributed by atoms with E-state index in [4.69, 9.17) is 10.2 Å². The van der Waals surface area contributed by atoms with Crippen LogP contribution in [0.4, 0.5) is 5.82 Å². The maximum Gasteiger partial charge on any atom is 0.156 e. The van der Waals surface area contributed by atoms with E-state index in [2.05, 4.69) is 27.8 Å². The zero-order chi connectivity index (χ0) is 13.9. The lowest BCUT2D eigenvalue weighted by Gasteiger charge is -1.97. The predicted molar refractivity (Wildman–Crippen MR) is 81.5 cm³/mol. The average Bonchev–Trinajstić information content (AvgIpc) is 2.87. The highest BCUT2D eigenvalue weighted by Gasteiger charge is 2.36. The number of pyridine rings is 1. The second-order valence-corrected chi connectivity index (χ2v) is 6.36. The number of anilines is 1. The molecule has 0 amide bonds. The Morgan fingerprint density at radius 1 is 1.35 bits per heavy atom. The average molecular weight is 332 g/mol. The maximum atomic E-state index is 6.19. The molecular weight excluding hydrogens is 318 g/mol. The number of hydrogen-bond acceptors (Lipinski definition) is 3. The number of aromatic nitrogens is 2. The Bertz CT molecular complexity index is 805. The van der Waals surface area contributed by atoms with E-state index in [1.165, 1.54) is 6.42 Å². The summed E-state index contributed by atoms with van der Waals surface area (Å²) in [5.74, 6) is 3.69. The first kappa shape index (κ1) is 12.0. The zero-order valence-electron chi connectivity index (χ0n) is 11.0. The number of rotatable bonds is 2. The zero-order valence-corrected chi connectivity index (χ0v) is 12.6. The van der Waals surface area contributed by atoms with Gasteiger partial charge in [-0.1, -0.05) is 6.92 Å². The molecule has 0 aromatic carbocycles. The fourth-order valence-corrected chi connectivity index (χ4v) is 2.95. The summed E-state index contributed by atoms with van der Waals surface area (Å²) in [6, 6.07) is 7.89. The highest BCUT2D eigenvalue weighted by atomic mass is 79.9. The molecule has 1 aliphatic carbocycles. The molecule has 0 radical (unpaired) electrons. The molecular formula is C15H14BrN3O. The molecule has 3 heterocycles. The van der Waals surface area contributed by atoms with Crippen LogP contribution in [-0.2, 0) is 0 Å². The molecule has 2 unspecified atom stereocenters. The topological polar surface area (TPSA) is 56.5 Å². The van der Waals surface area contributed by atoms with Gasteiger partial charge in [0.15, 0.2) is 5.76 Å². The van der Waals surface area contributed by atoms with Crippen LogP contribution in [0.5, 0.6) is 0 Å². The molecule has 0 saturated heterocycles. The first-order chi connectivity index (χ1) is 9.63. The third-order valence-corrected chi connectivity index (χ3v) is 4.42. The van der Waals surface area contributed by atoms with Crippen molar-refractivity contribution in [2.75, 3.05) is 5.73 Å². The van der Waals surface area contributed by atoms with Crippen LogP contribution < -0.4 is 5.73 Å². The van der Waals surface area contributed by atoms with Gasteiger partial charge in [-0.2, -0.15) is 0 Å². The summed E-state index contributed by atoms with van der Waals surface area (Å²) in [5, 5.41) is 0. The van der Waals surface area contributed by atoms with Crippen LogP contribution in [0.2, 0.25) is 0 Å². The van der Waals surface area contributed by atoms with E-state index in [1.54, 1.807) is 0 Å². The molecule has 4 rings (SSSR count). The van der Waals surface area contributed by atoms with Crippen molar-refractivity contribution in [3.05, 3.63) is 40.7 Å². The third-order valence-electron chi connectivity index (χ3n) is 3.95. The van der Waals surface area contributed by atoms with E-state index in [0.717, 1.165) is 27.6 Å². The number of nitrogen functional groups attached to an aromatic ring is 1. The van der Waals surface area contributed by atoms with E-state index in [-0.39, 0.29) is 0 Å². The standard InChI is InChI=1S/C15H14BrN3O/c1-8-6-10(8)11-3-4-12(20-11)14-15(17)19-7-9(16)2-5-13(19)18-14/h2-5,7-8,10H,6,17H2,1H3. The minimum atomic E-state index is 0.566. The van der Waals surface area contributed by atoms with Gasteiger partial charge in [-0.3, -0.25) is 4.40 Å². The molecule has 1 aliphatic rings. The van der Waals surface area contributed by atoms with Gasteiger partial charge in [0.05, 0.1) is 0 Å². The predicted octanol–water partition coefficient (Wildman–Crippen LogP) is 4.06. The smallest absolute Gasteiger partial charge is 0.156 e. The van der Waals surface area contributed by atoms with E-state index in [9.17, 15) is 0 Å². The molecule has 0 spiro atoms. The second-order valence-electron chi connectivity index (χ2n) is 5.44. The monoisotopic (exact) mass is 331 g/mol. The van der Waals surface area contributed by atoms with Crippen LogP contribution in [0.15, 0.2) is 39.4 Å². The number of nitrogens with zero attached hydrogens (tertiary/aromatic N) is 2.